The molecule has 1 aliphatic rings. The first-order valence-corrected chi connectivity index (χ1v) is 8.36. The Balaban J connectivity index is 0.00000225. The van der Waals surface area contributed by atoms with Crippen molar-refractivity contribution in [3.8, 4) is 5.75 Å². The van der Waals surface area contributed by atoms with Crippen LogP contribution in [-0.2, 0) is 0 Å². The number of benzene rings is 1. The van der Waals surface area contributed by atoms with Crippen molar-refractivity contribution in [2.75, 3.05) is 6.61 Å². The summed E-state index contributed by atoms with van der Waals surface area (Å²) in [7, 11) is 0. The Morgan fingerprint density at radius 3 is 2.64 bits per heavy atom. The van der Waals surface area contributed by atoms with Crippen LogP contribution in [0.1, 0.15) is 60.8 Å². The van der Waals surface area contributed by atoms with Gasteiger partial charge >= 0.3 is 0 Å². The molecule has 3 rings (SSSR count). The Morgan fingerprint density at radius 1 is 1.32 bits per heavy atom. The molecule has 4 N–H and O–H groups in total. The minimum absolute atomic E-state index is 0. The minimum atomic E-state index is -0.296. The molecule has 1 saturated carbocycles. The van der Waals surface area contributed by atoms with Crippen LogP contribution in [0.4, 0.5) is 0 Å². The largest absolute Gasteiger partial charge is 0.494 e. The lowest BCUT2D eigenvalue weighted by Crippen LogP contribution is -2.20. The number of nitrogens with zero attached hydrogens (tertiary/aromatic N) is 2. The fourth-order valence-electron chi connectivity index (χ4n) is 2.49. The lowest BCUT2D eigenvalue weighted by Gasteiger charge is -2.07. The van der Waals surface area contributed by atoms with Gasteiger partial charge in [-0.05, 0) is 62.1 Å². The summed E-state index contributed by atoms with van der Waals surface area (Å²) in [6, 6.07) is 9.51. The molecule has 2 aromatic rings. The van der Waals surface area contributed by atoms with Crippen LogP contribution >= 0.6 is 0 Å². The number of H-pyrrole nitrogens is 1. The van der Waals surface area contributed by atoms with E-state index >= 15 is 0 Å². The normalized spacial score (nSPS) is 13.9. The van der Waals surface area contributed by atoms with Crippen molar-refractivity contribution in [3.05, 3.63) is 47.3 Å². The first-order valence-electron chi connectivity index (χ1n) is 8.36. The molecule has 0 aliphatic heterocycles. The number of rotatable bonds is 7. The van der Waals surface area contributed by atoms with Gasteiger partial charge in [-0.3, -0.25) is 9.89 Å². The molecule has 1 aliphatic carbocycles. The summed E-state index contributed by atoms with van der Waals surface area (Å²) in [6.07, 6.45) is 3.04. The molecule has 0 spiro atoms. The summed E-state index contributed by atoms with van der Waals surface area (Å²) in [5.74, 6) is 1.07. The van der Waals surface area contributed by atoms with Crippen molar-refractivity contribution in [2.45, 2.75) is 39.0 Å². The molecule has 0 radical (unpaired) electrons. The zero-order valence-corrected chi connectivity index (χ0v) is 14.5. The quantitative estimate of drug-likeness (QED) is 0.594. The zero-order valence-electron chi connectivity index (χ0n) is 14.5. The van der Waals surface area contributed by atoms with E-state index in [0.717, 1.165) is 22.7 Å². The molecular weight excluding hydrogens is 320 g/mol. The Morgan fingerprint density at radius 2 is 2.04 bits per heavy atom. The highest BCUT2D eigenvalue weighted by atomic mass is 16.5. The van der Waals surface area contributed by atoms with Crippen LogP contribution in [0.5, 0.6) is 5.75 Å². The molecule has 0 saturated heterocycles. The van der Waals surface area contributed by atoms with Crippen LogP contribution in [0.3, 0.4) is 0 Å². The second-order valence-electron chi connectivity index (χ2n) is 5.79. The van der Waals surface area contributed by atoms with E-state index in [-0.39, 0.29) is 11.4 Å². The molecule has 1 aromatic heterocycles. The van der Waals surface area contributed by atoms with E-state index in [9.17, 15) is 4.79 Å². The fourth-order valence-corrected chi connectivity index (χ4v) is 2.49. The number of aromatic nitrogens is 2. The van der Waals surface area contributed by atoms with E-state index in [1.165, 1.54) is 12.8 Å². The third-order valence-electron chi connectivity index (χ3n) is 3.97. The SMILES string of the molecule is CCOc1ccc(/C(CC)=N/NC(=O)c2cc(C3CC3)[nH]n2)cc1.O. The maximum atomic E-state index is 12.2. The standard InChI is InChI=1S/C18H22N4O2.H2O/c1-3-15(12-7-9-14(10-8-12)24-4-2)19-22-18(23)17-11-16(20-21-17)13-5-6-13;/h7-11,13H,3-6H2,1-2H3,(H,20,21)(H,22,23);1H2/b19-15+;. The summed E-state index contributed by atoms with van der Waals surface area (Å²) in [5, 5.41) is 11.2. The van der Waals surface area contributed by atoms with Crippen molar-refractivity contribution in [1.29, 1.82) is 0 Å². The molecule has 134 valence electrons. The molecule has 1 heterocycles. The maximum Gasteiger partial charge on any atom is 0.291 e. The number of carbonyl (C=O) groups is 1. The lowest BCUT2D eigenvalue weighted by atomic mass is 10.1. The number of aromatic amines is 1. The monoisotopic (exact) mass is 344 g/mol. The van der Waals surface area contributed by atoms with Crippen molar-refractivity contribution in [2.24, 2.45) is 5.10 Å². The maximum absolute atomic E-state index is 12.2. The topological polar surface area (TPSA) is 111 Å². The number of hydrazone groups is 1. The first-order chi connectivity index (χ1) is 11.7. The minimum Gasteiger partial charge on any atom is -0.494 e. The Bertz CT molecular complexity index is 733. The predicted molar refractivity (Wildman–Crippen MR) is 96.1 cm³/mol. The van der Waals surface area contributed by atoms with Crippen molar-refractivity contribution >= 4 is 11.6 Å². The summed E-state index contributed by atoms with van der Waals surface area (Å²) in [5.41, 5.74) is 5.78. The first kappa shape index (κ1) is 18.7. The molecule has 1 fully saturated rings. The number of nitrogens with one attached hydrogen (secondary N) is 2. The molecule has 1 aromatic carbocycles. The number of hydrogen-bond acceptors (Lipinski definition) is 4. The van der Waals surface area contributed by atoms with Gasteiger partial charge in [0.2, 0.25) is 0 Å². The van der Waals surface area contributed by atoms with E-state index in [2.05, 4.69) is 20.7 Å². The summed E-state index contributed by atoms with van der Waals surface area (Å²) >= 11 is 0. The molecular formula is C18H24N4O3. The molecule has 1 amide bonds. The van der Waals surface area contributed by atoms with Crippen molar-refractivity contribution in [3.63, 3.8) is 0 Å². The highest BCUT2D eigenvalue weighted by Crippen LogP contribution is 2.38. The Labute approximate surface area is 146 Å². The van der Waals surface area contributed by atoms with Crippen LogP contribution in [-0.4, -0.2) is 33.9 Å². The molecule has 25 heavy (non-hydrogen) atoms. The number of hydrogen-bond donors (Lipinski definition) is 2. The van der Waals surface area contributed by atoms with Crippen LogP contribution < -0.4 is 10.2 Å². The van der Waals surface area contributed by atoms with Gasteiger partial charge < -0.3 is 10.2 Å². The third-order valence-corrected chi connectivity index (χ3v) is 3.97. The molecule has 0 bridgehead atoms. The smallest absolute Gasteiger partial charge is 0.291 e. The van der Waals surface area contributed by atoms with E-state index in [1.54, 1.807) is 0 Å². The average Bonchev–Trinajstić information content (AvgIpc) is 3.34. The average molecular weight is 344 g/mol. The van der Waals surface area contributed by atoms with Crippen molar-refractivity contribution in [1.82, 2.24) is 15.6 Å². The van der Waals surface area contributed by atoms with Gasteiger partial charge in [-0.1, -0.05) is 6.92 Å². The van der Waals surface area contributed by atoms with Gasteiger partial charge in [0.1, 0.15) is 5.75 Å². The highest BCUT2D eigenvalue weighted by molar-refractivity contribution is 6.01. The molecule has 7 heteroatoms. The van der Waals surface area contributed by atoms with Gasteiger partial charge in [-0.15, -0.1) is 0 Å². The highest BCUT2D eigenvalue weighted by Gasteiger charge is 2.26. The fraction of sp³-hybridized carbons (Fsp3) is 0.389. The van der Waals surface area contributed by atoms with Crippen LogP contribution in [0.15, 0.2) is 35.4 Å². The van der Waals surface area contributed by atoms with Gasteiger partial charge in [0.05, 0.1) is 12.3 Å². The van der Waals surface area contributed by atoms with Crippen LogP contribution in [0.2, 0.25) is 0 Å². The van der Waals surface area contributed by atoms with Crippen molar-refractivity contribution < 1.29 is 15.0 Å². The van der Waals surface area contributed by atoms with Gasteiger partial charge in [-0.25, -0.2) is 5.43 Å². The summed E-state index contributed by atoms with van der Waals surface area (Å²) in [4.78, 5) is 12.2. The van der Waals surface area contributed by atoms with Crippen LogP contribution in [0.25, 0.3) is 0 Å². The molecule has 7 nitrogen and oxygen atoms in total. The Kier molecular flexibility index (Phi) is 6.30. The third kappa shape index (κ3) is 4.67. The van der Waals surface area contributed by atoms with Gasteiger partial charge in [-0.2, -0.15) is 10.2 Å². The van der Waals surface area contributed by atoms with Gasteiger partial charge in [0.15, 0.2) is 5.69 Å². The second kappa shape index (κ2) is 8.43. The summed E-state index contributed by atoms with van der Waals surface area (Å²) in [6.45, 7) is 4.59. The van der Waals surface area contributed by atoms with E-state index in [4.69, 9.17) is 4.74 Å². The predicted octanol–water partition coefficient (Wildman–Crippen LogP) is 2.41. The molecule has 0 unspecified atom stereocenters. The van der Waals surface area contributed by atoms with E-state index in [1.807, 2.05) is 44.2 Å². The lowest BCUT2D eigenvalue weighted by molar-refractivity contribution is 0.0950. The summed E-state index contributed by atoms with van der Waals surface area (Å²) < 4.78 is 5.44. The van der Waals surface area contributed by atoms with E-state index in [0.29, 0.717) is 24.6 Å². The van der Waals surface area contributed by atoms with E-state index < -0.39 is 0 Å². The van der Waals surface area contributed by atoms with Gasteiger partial charge in [0.25, 0.3) is 5.91 Å². The second-order valence-corrected chi connectivity index (χ2v) is 5.79. The zero-order chi connectivity index (χ0) is 16.9. The Hall–Kier alpha value is -2.67. The van der Waals surface area contributed by atoms with Gasteiger partial charge in [0, 0.05) is 11.6 Å². The number of carbonyl (C=O) groups excluding carboxylic acids is 1. The van der Waals surface area contributed by atoms with Crippen LogP contribution in [0, 0.1) is 0 Å². The number of ether oxygens (including phenoxy) is 1. The molecule has 0 atom stereocenters. The number of amides is 1.